The number of halogens is 2. The van der Waals surface area contributed by atoms with E-state index in [0.717, 1.165) is 6.42 Å². The summed E-state index contributed by atoms with van der Waals surface area (Å²) in [5, 5.41) is 3.28. The molecule has 0 unspecified atom stereocenters. The summed E-state index contributed by atoms with van der Waals surface area (Å²) < 4.78 is 27.3. The third-order valence-electron chi connectivity index (χ3n) is 4.69. The molecule has 0 radical (unpaired) electrons. The quantitative estimate of drug-likeness (QED) is 0.566. The number of hydrazine groups is 1. The predicted octanol–water partition coefficient (Wildman–Crippen LogP) is 4.20. The van der Waals surface area contributed by atoms with Crippen molar-refractivity contribution in [3.8, 4) is 0 Å². The summed E-state index contributed by atoms with van der Waals surface area (Å²) in [6.07, 6.45) is 2.29. The van der Waals surface area contributed by atoms with Crippen LogP contribution < -0.4 is 16.2 Å². The number of pyridine rings is 1. The molecule has 3 rings (SSSR count). The summed E-state index contributed by atoms with van der Waals surface area (Å²) in [5.74, 6) is 0.921. The molecule has 162 valence electrons. The Bertz CT molecular complexity index is 1010. The molecule has 1 aliphatic heterocycles. The fraction of sp³-hybridized carbons (Fsp3) is 0.368. The fourth-order valence-electron chi connectivity index (χ4n) is 3.41. The Morgan fingerprint density at radius 2 is 1.80 bits per heavy atom. The van der Waals surface area contributed by atoms with E-state index in [9.17, 15) is 13.2 Å². The molecule has 8 nitrogen and oxygen atoms in total. The highest BCUT2D eigenvalue weighted by molar-refractivity contribution is 7.89. The number of rotatable bonds is 5. The van der Waals surface area contributed by atoms with Crippen LogP contribution in [-0.4, -0.2) is 36.8 Å². The largest absolute Gasteiger partial charge is 0.337 e. The summed E-state index contributed by atoms with van der Waals surface area (Å²) in [6, 6.07) is 7.09. The summed E-state index contributed by atoms with van der Waals surface area (Å²) in [7, 11) is -3.60. The van der Waals surface area contributed by atoms with E-state index in [0.29, 0.717) is 46.5 Å². The van der Waals surface area contributed by atoms with Gasteiger partial charge in [-0.1, -0.05) is 37.0 Å². The monoisotopic (exact) mass is 471 g/mol. The number of hydrogen-bond acceptors (Lipinski definition) is 5. The van der Waals surface area contributed by atoms with Crippen LogP contribution in [0.3, 0.4) is 0 Å². The lowest BCUT2D eigenvalue weighted by Crippen LogP contribution is -2.42. The van der Waals surface area contributed by atoms with Crippen molar-refractivity contribution in [3.63, 3.8) is 0 Å². The number of nitrogens with zero attached hydrogens (tertiary/aromatic N) is 2. The van der Waals surface area contributed by atoms with E-state index in [1.54, 1.807) is 12.1 Å². The molecule has 1 aliphatic rings. The van der Waals surface area contributed by atoms with Gasteiger partial charge in [-0.15, -0.1) is 0 Å². The van der Waals surface area contributed by atoms with Gasteiger partial charge >= 0.3 is 6.03 Å². The first-order valence-corrected chi connectivity index (χ1v) is 11.6. The van der Waals surface area contributed by atoms with Crippen molar-refractivity contribution in [3.05, 3.63) is 46.6 Å². The maximum atomic E-state index is 12.9. The van der Waals surface area contributed by atoms with E-state index in [1.165, 1.54) is 28.7 Å². The molecular formula is C19H23Cl2N5O3S. The topological polar surface area (TPSA) is 103 Å². The average molecular weight is 472 g/mol. The second-order valence-electron chi connectivity index (χ2n) is 7.48. The number of urea groups is 1. The van der Waals surface area contributed by atoms with E-state index in [-0.39, 0.29) is 4.90 Å². The van der Waals surface area contributed by atoms with Gasteiger partial charge in [-0.3, -0.25) is 10.9 Å². The maximum Gasteiger partial charge on any atom is 0.337 e. The van der Waals surface area contributed by atoms with E-state index in [4.69, 9.17) is 23.2 Å². The van der Waals surface area contributed by atoms with Crippen molar-refractivity contribution in [2.45, 2.75) is 25.2 Å². The van der Waals surface area contributed by atoms with Crippen molar-refractivity contribution in [2.75, 3.05) is 23.8 Å². The zero-order valence-corrected chi connectivity index (χ0v) is 18.9. The van der Waals surface area contributed by atoms with Gasteiger partial charge in [-0.2, -0.15) is 4.31 Å². The number of amides is 2. The molecule has 1 fully saturated rings. The van der Waals surface area contributed by atoms with Gasteiger partial charge in [0.2, 0.25) is 10.0 Å². The van der Waals surface area contributed by atoms with Crippen molar-refractivity contribution in [1.29, 1.82) is 0 Å². The zero-order valence-electron chi connectivity index (χ0n) is 16.5. The summed E-state index contributed by atoms with van der Waals surface area (Å²) in [6.45, 7) is 5.11. The molecule has 1 aromatic heterocycles. The maximum absolute atomic E-state index is 12.9. The van der Waals surface area contributed by atoms with Gasteiger partial charge in [0.05, 0.1) is 10.0 Å². The molecule has 2 atom stereocenters. The Morgan fingerprint density at radius 3 is 2.40 bits per heavy atom. The number of hydrogen-bond donors (Lipinski definition) is 3. The SMILES string of the molecule is C[C@H]1C[C@H](C)CN(S(=O)(=O)c2ccc(NNC(=O)Nc3ccc(Cl)c(Cl)c3)nc2)C1. The normalized spacial score (nSPS) is 19.9. The molecule has 2 heterocycles. The molecular weight excluding hydrogens is 449 g/mol. The lowest BCUT2D eigenvalue weighted by atomic mass is 9.94. The minimum Gasteiger partial charge on any atom is -0.307 e. The highest BCUT2D eigenvalue weighted by Gasteiger charge is 2.31. The lowest BCUT2D eigenvalue weighted by molar-refractivity contribution is 0.222. The molecule has 1 saturated heterocycles. The Morgan fingerprint density at radius 1 is 1.10 bits per heavy atom. The van der Waals surface area contributed by atoms with Gasteiger partial charge in [0.1, 0.15) is 10.7 Å². The molecule has 0 spiro atoms. The first kappa shape index (κ1) is 22.6. The molecule has 3 N–H and O–H groups in total. The van der Waals surface area contributed by atoms with E-state index >= 15 is 0 Å². The lowest BCUT2D eigenvalue weighted by Gasteiger charge is -2.33. The minimum atomic E-state index is -3.60. The molecule has 1 aromatic carbocycles. The van der Waals surface area contributed by atoms with Gasteiger partial charge < -0.3 is 5.32 Å². The number of carbonyl (C=O) groups is 1. The third kappa shape index (κ3) is 5.54. The van der Waals surface area contributed by atoms with Crippen molar-refractivity contribution >= 4 is 50.8 Å². The Hall–Kier alpha value is -2.07. The Kier molecular flexibility index (Phi) is 7.07. The second-order valence-corrected chi connectivity index (χ2v) is 10.2. The third-order valence-corrected chi connectivity index (χ3v) is 7.25. The van der Waals surface area contributed by atoms with Crippen LogP contribution in [0.4, 0.5) is 16.3 Å². The zero-order chi connectivity index (χ0) is 21.9. The van der Waals surface area contributed by atoms with Crippen LogP contribution in [0.15, 0.2) is 41.4 Å². The molecule has 0 bridgehead atoms. The standard InChI is InChI=1S/C19H23Cl2N5O3S/c1-12-7-13(2)11-26(10-12)30(28,29)15-4-6-18(22-9-15)24-25-19(27)23-14-3-5-16(20)17(21)8-14/h3-6,8-9,12-13H,7,10-11H2,1-2H3,(H,22,24)(H2,23,25,27)/t12-,13-/m0/s1. The van der Waals surface area contributed by atoms with E-state index in [2.05, 4.69) is 35.0 Å². The predicted molar refractivity (Wildman–Crippen MR) is 118 cm³/mol. The van der Waals surface area contributed by atoms with Crippen molar-refractivity contribution in [1.82, 2.24) is 14.7 Å². The number of benzene rings is 1. The molecule has 11 heteroatoms. The number of nitrogens with one attached hydrogen (secondary N) is 3. The smallest absolute Gasteiger partial charge is 0.307 e. The Labute approximate surface area is 186 Å². The molecule has 0 saturated carbocycles. The van der Waals surface area contributed by atoms with Crippen LogP contribution >= 0.6 is 23.2 Å². The number of sulfonamides is 1. The fourth-order valence-corrected chi connectivity index (χ4v) is 5.34. The van der Waals surface area contributed by atoms with Crippen LogP contribution in [0.1, 0.15) is 20.3 Å². The number of anilines is 2. The van der Waals surface area contributed by atoms with Crippen LogP contribution in [0.25, 0.3) is 0 Å². The van der Waals surface area contributed by atoms with Crippen LogP contribution in [0.5, 0.6) is 0 Å². The van der Waals surface area contributed by atoms with Crippen LogP contribution in [-0.2, 0) is 10.0 Å². The van der Waals surface area contributed by atoms with Gasteiger partial charge in [-0.25, -0.2) is 18.2 Å². The van der Waals surface area contributed by atoms with Crippen molar-refractivity contribution in [2.24, 2.45) is 11.8 Å². The molecule has 30 heavy (non-hydrogen) atoms. The average Bonchev–Trinajstić information content (AvgIpc) is 2.69. The first-order chi connectivity index (χ1) is 14.1. The summed E-state index contributed by atoms with van der Waals surface area (Å²) in [5.41, 5.74) is 5.50. The summed E-state index contributed by atoms with van der Waals surface area (Å²) in [4.78, 5) is 16.2. The van der Waals surface area contributed by atoms with Gasteiger partial charge in [0.15, 0.2) is 0 Å². The van der Waals surface area contributed by atoms with Gasteiger partial charge in [0, 0.05) is 25.0 Å². The van der Waals surface area contributed by atoms with E-state index in [1.807, 2.05) is 0 Å². The number of carbonyl (C=O) groups excluding carboxylic acids is 1. The van der Waals surface area contributed by atoms with Crippen molar-refractivity contribution < 1.29 is 13.2 Å². The highest BCUT2D eigenvalue weighted by Crippen LogP contribution is 2.27. The summed E-state index contributed by atoms with van der Waals surface area (Å²) >= 11 is 11.8. The second kappa shape index (κ2) is 9.38. The Balaban J connectivity index is 1.58. The van der Waals surface area contributed by atoms with Crippen LogP contribution in [0.2, 0.25) is 10.0 Å². The van der Waals surface area contributed by atoms with Crippen LogP contribution in [0, 0.1) is 11.8 Å². The van der Waals surface area contributed by atoms with Gasteiger partial charge in [0.25, 0.3) is 0 Å². The highest BCUT2D eigenvalue weighted by atomic mass is 35.5. The van der Waals surface area contributed by atoms with Gasteiger partial charge in [-0.05, 0) is 48.6 Å². The van der Waals surface area contributed by atoms with E-state index < -0.39 is 16.1 Å². The molecule has 2 amide bonds. The number of aromatic nitrogens is 1. The number of piperidine rings is 1. The molecule has 2 aromatic rings. The first-order valence-electron chi connectivity index (χ1n) is 9.39. The minimum absolute atomic E-state index is 0.120. The molecule has 0 aliphatic carbocycles.